The molecule has 2 rings (SSSR count). The van der Waals surface area contributed by atoms with E-state index in [0.717, 1.165) is 27.8 Å². The van der Waals surface area contributed by atoms with Crippen molar-refractivity contribution in [1.29, 1.82) is 0 Å². The van der Waals surface area contributed by atoms with Crippen molar-refractivity contribution in [2.24, 2.45) is 0 Å². The molecule has 1 fully saturated rings. The lowest BCUT2D eigenvalue weighted by atomic mass is 10.2. The van der Waals surface area contributed by atoms with Crippen LogP contribution in [0.1, 0.15) is 25.7 Å². The van der Waals surface area contributed by atoms with E-state index < -0.39 is 0 Å². The van der Waals surface area contributed by atoms with E-state index in [-0.39, 0.29) is 0 Å². The van der Waals surface area contributed by atoms with Crippen LogP contribution in [-0.4, -0.2) is 19.2 Å². The fourth-order valence-corrected chi connectivity index (χ4v) is 3.31. The first-order valence-electron chi connectivity index (χ1n) is 6.07. The molecule has 0 spiro atoms. The molecule has 2 nitrogen and oxygen atoms in total. The molecule has 0 amide bonds. The molecule has 0 atom stereocenters. The van der Waals surface area contributed by atoms with Crippen LogP contribution >= 0.6 is 31.9 Å². The van der Waals surface area contributed by atoms with E-state index in [1.807, 2.05) is 18.2 Å². The zero-order valence-electron chi connectivity index (χ0n) is 9.72. The molecule has 0 aromatic heterocycles. The maximum atomic E-state index is 5.72. The summed E-state index contributed by atoms with van der Waals surface area (Å²) in [5, 5.41) is 3.53. The van der Waals surface area contributed by atoms with Crippen molar-refractivity contribution >= 4 is 31.9 Å². The van der Waals surface area contributed by atoms with Gasteiger partial charge in [-0.15, -0.1) is 0 Å². The fraction of sp³-hybridized carbons (Fsp3) is 0.538. The predicted molar refractivity (Wildman–Crippen MR) is 77.6 cm³/mol. The first-order chi connectivity index (χ1) is 8.25. The summed E-state index contributed by atoms with van der Waals surface area (Å²) in [6.07, 6.45) is 5.39. The summed E-state index contributed by atoms with van der Waals surface area (Å²) in [6.45, 7) is 1.64. The molecule has 1 aliphatic rings. The van der Waals surface area contributed by atoms with Gasteiger partial charge in [0, 0.05) is 17.1 Å². The van der Waals surface area contributed by atoms with Gasteiger partial charge in [-0.3, -0.25) is 0 Å². The second-order valence-electron chi connectivity index (χ2n) is 4.36. The summed E-state index contributed by atoms with van der Waals surface area (Å²) < 4.78 is 7.77. The highest BCUT2D eigenvalue weighted by Crippen LogP contribution is 2.28. The van der Waals surface area contributed by atoms with Crippen LogP contribution in [0.25, 0.3) is 0 Å². The standard InChI is InChI=1S/C13H17Br2NO/c14-10-5-6-13(12(15)9-10)17-8-7-16-11-3-1-2-4-11/h5-6,9,11,16H,1-4,7-8H2. The summed E-state index contributed by atoms with van der Waals surface area (Å²) in [6, 6.07) is 6.68. The molecule has 1 N–H and O–H groups in total. The van der Waals surface area contributed by atoms with Gasteiger partial charge in [0.15, 0.2) is 0 Å². The first kappa shape index (κ1) is 13.4. The number of rotatable bonds is 5. The Balaban J connectivity index is 1.70. The lowest BCUT2D eigenvalue weighted by Gasteiger charge is -2.13. The van der Waals surface area contributed by atoms with E-state index in [0.29, 0.717) is 6.04 Å². The first-order valence-corrected chi connectivity index (χ1v) is 7.65. The zero-order chi connectivity index (χ0) is 12.1. The molecule has 0 heterocycles. The van der Waals surface area contributed by atoms with Gasteiger partial charge < -0.3 is 10.1 Å². The van der Waals surface area contributed by atoms with E-state index in [2.05, 4.69) is 37.2 Å². The van der Waals surface area contributed by atoms with Gasteiger partial charge in [0.05, 0.1) is 4.47 Å². The quantitative estimate of drug-likeness (QED) is 0.795. The average molecular weight is 363 g/mol. The van der Waals surface area contributed by atoms with Crippen molar-refractivity contribution in [3.05, 3.63) is 27.1 Å². The number of benzene rings is 1. The van der Waals surface area contributed by atoms with Crippen molar-refractivity contribution in [3.63, 3.8) is 0 Å². The molecule has 17 heavy (non-hydrogen) atoms. The number of hydrogen-bond donors (Lipinski definition) is 1. The minimum atomic E-state index is 0.715. The molecular formula is C13H17Br2NO. The Morgan fingerprint density at radius 2 is 2.00 bits per heavy atom. The molecular weight excluding hydrogens is 346 g/mol. The van der Waals surface area contributed by atoms with E-state index in [4.69, 9.17) is 4.74 Å². The highest BCUT2D eigenvalue weighted by atomic mass is 79.9. The van der Waals surface area contributed by atoms with Crippen molar-refractivity contribution in [1.82, 2.24) is 5.32 Å². The Morgan fingerprint density at radius 1 is 1.24 bits per heavy atom. The van der Waals surface area contributed by atoms with Crippen molar-refractivity contribution in [2.45, 2.75) is 31.7 Å². The number of nitrogens with one attached hydrogen (secondary N) is 1. The summed E-state index contributed by atoms with van der Waals surface area (Å²) >= 11 is 6.91. The third kappa shape index (κ3) is 4.27. The van der Waals surface area contributed by atoms with Crippen molar-refractivity contribution in [2.75, 3.05) is 13.2 Å². The van der Waals surface area contributed by atoms with Crippen LogP contribution in [0, 0.1) is 0 Å². The summed E-state index contributed by atoms with van der Waals surface area (Å²) in [5.74, 6) is 0.904. The minimum absolute atomic E-state index is 0.715. The number of halogens is 2. The smallest absolute Gasteiger partial charge is 0.133 e. The van der Waals surface area contributed by atoms with Crippen molar-refractivity contribution in [3.8, 4) is 5.75 Å². The van der Waals surface area contributed by atoms with Gasteiger partial charge in [-0.25, -0.2) is 0 Å². The topological polar surface area (TPSA) is 21.3 Å². The summed E-state index contributed by atoms with van der Waals surface area (Å²) in [7, 11) is 0. The lowest BCUT2D eigenvalue weighted by Crippen LogP contribution is -2.30. The van der Waals surface area contributed by atoms with Gasteiger partial charge in [-0.1, -0.05) is 28.8 Å². The van der Waals surface area contributed by atoms with E-state index in [1.54, 1.807) is 0 Å². The Morgan fingerprint density at radius 3 is 2.71 bits per heavy atom. The van der Waals surface area contributed by atoms with Gasteiger partial charge in [0.1, 0.15) is 12.4 Å². The van der Waals surface area contributed by atoms with Crippen LogP contribution in [-0.2, 0) is 0 Å². The average Bonchev–Trinajstić information content (AvgIpc) is 2.79. The monoisotopic (exact) mass is 361 g/mol. The number of hydrogen-bond acceptors (Lipinski definition) is 2. The van der Waals surface area contributed by atoms with Gasteiger partial charge in [0.25, 0.3) is 0 Å². The van der Waals surface area contributed by atoms with Crippen LogP contribution in [0.2, 0.25) is 0 Å². The van der Waals surface area contributed by atoms with Crippen LogP contribution in [0.15, 0.2) is 27.1 Å². The summed E-state index contributed by atoms with van der Waals surface area (Å²) in [4.78, 5) is 0. The van der Waals surface area contributed by atoms with Gasteiger partial charge in [-0.2, -0.15) is 0 Å². The fourth-order valence-electron chi connectivity index (χ4n) is 2.15. The normalized spacial score (nSPS) is 16.4. The molecule has 1 aliphatic carbocycles. The third-order valence-electron chi connectivity index (χ3n) is 3.04. The molecule has 1 aromatic carbocycles. The molecule has 94 valence electrons. The van der Waals surface area contributed by atoms with E-state index >= 15 is 0 Å². The third-order valence-corrected chi connectivity index (χ3v) is 4.15. The highest BCUT2D eigenvalue weighted by Gasteiger charge is 2.13. The zero-order valence-corrected chi connectivity index (χ0v) is 12.9. The Labute approximate surface area is 119 Å². The van der Waals surface area contributed by atoms with Crippen LogP contribution in [0.3, 0.4) is 0 Å². The Bertz CT molecular complexity index is 364. The maximum absolute atomic E-state index is 5.72. The second kappa shape index (κ2) is 6.76. The molecule has 1 aromatic rings. The predicted octanol–water partition coefficient (Wildman–Crippen LogP) is 4.12. The van der Waals surface area contributed by atoms with Gasteiger partial charge in [0.2, 0.25) is 0 Å². The largest absolute Gasteiger partial charge is 0.491 e. The lowest BCUT2D eigenvalue weighted by molar-refractivity contribution is 0.303. The van der Waals surface area contributed by atoms with Crippen LogP contribution in [0.5, 0.6) is 5.75 Å². The van der Waals surface area contributed by atoms with E-state index in [9.17, 15) is 0 Å². The van der Waals surface area contributed by atoms with Crippen molar-refractivity contribution < 1.29 is 4.74 Å². The van der Waals surface area contributed by atoms with E-state index in [1.165, 1.54) is 25.7 Å². The highest BCUT2D eigenvalue weighted by molar-refractivity contribution is 9.11. The Kier molecular flexibility index (Phi) is 5.32. The summed E-state index contributed by atoms with van der Waals surface area (Å²) in [5.41, 5.74) is 0. The van der Waals surface area contributed by atoms with Gasteiger partial charge >= 0.3 is 0 Å². The molecule has 0 bridgehead atoms. The molecule has 0 saturated heterocycles. The molecule has 4 heteroatoms. The molecule has 0 radical (unpaired) electrons. The minimum Gasteiger partial charge on any atom is -0.491 e. The molecule has 0 aliphatic heterocycles. The van der Waals surface area contributed by atoms with Crippen LogP contribution in [0.4, 0.5) is 0 Å². The van der Waals surface area contributed by atoms with Gasteiger partial charge in [-0.05, 0) is 47.0 Å². The Hall–Kier alpha value is -0.0600. The SMILES string of the molecule is Brc1ccc(OCCNC2CCCC2)c(Br)c1. The van der Waals surface area contributed by atoms with Crippen LogP contribution < -0.4 is 10.1 Å². The molecule has 1 saturated carbocycles. The second-order valence-corrected chi connectivity index (χ2v) is 6.13. The molecule has 0 unspecified atom stereocenters. The number of ether oxygens (including phenoxy) is 1. The maximum Gasteiger partial charge on any atom is 0.133 e.